The van der Waals surface area contributed by atoms with E-state index in [9.17, 15) is 4.79 Å². The van der Waals surface area contributed by atoms with E-state index >= 15 is 0 Å². The number of carbonyl (C=O) groups is 1. The van der Waals surface area contributed by atoms with Crippen LogP contribution in [0, 0.1) is 6.92 Å². The molecule has 0 aliphatic rings. The van der Waals surface area contributed by atoms with E-state index in [0.717, 1.165) is 0 Å². The molecular weight excluding hydrogens is 262 g/mol. The minimum atomic E-state index is -0.498. The summed E-state index contributed by atoms with van der Waals surface area (Å²) < 4.78 is 9.51. The van der Waals surface area contributed by atoms with Crippen LogP contribution in [0.25, 0.3) is 0 Å². The standard InChI is InChI=1S/C12H15N5O3/c1-7-16-9(17-20-7)4-6-15-11-10(13)8(3-5-14-11)12(18)19-2/h3,5H,4,6,13H2,1-2H3,(H,14,15). The number of hydrogen-bond donors (Lipinski definition) is 2. The molecule has 0 aliphatic heterocycles. The highest BCUT2D eigenvalue weighted by Crippen LogP contribution is 2.20. The number of aryl methyl sites for hydroxylation is 1. The number of hydrogen-bond acceptors (Lipinski definition) is 8. The third-order valence-electron chi connectivity index (χ3n) is 2.61. The molecule has 0 amide bonds. The Morgan fingerprint density at radius 3 is 3.00 bits per heavy atom. The molecule has 0 saturated heterocycles. The van der Waals surface area contributed by atoms with Crippen LogP contribution in [0.3, 0.4) is 0 Å². The maximum absolute atomic E-state index is 11.5. The number of nitrogens with zero attached hydrogens (tertiary/aromatic N) is 3. The third kappa shape index (κ3) is 3.02. The summed E-state index contributed by atoms with van der Waals surface area (Å²) in [5, 5.41) is 6.80. The van der Waals surface area contributed by atoms with Crippen molar-refractivity contribution in [2.75, 3.05) is 24.7 Å². The predicted molar refractivity (Wildman–Crippen MR) is 71.2 cm³/mol. The molecule has 106 valence electrons. The van der Waals surface area contributed by atoms with Crippen molar-refractivity contribution in [1.82, 2.24) is 15.1 Å². The average Bonchev–Trinajstić information content (AvgIpc) is 2.85. The first-order chi connectivity index (χ1) is 9.61. The average molecular weight is 277 g/mol. The first kappa shape index (κ1) is 13.8. The molecule has 0 bridgehead atoms. The molecule has 0 saturated carbocycles. The number of esters is 1. The van der Waals surface area contributed by atoms with Crippen molar-refractivity contribution in [2.24, 2.45) is 0 Å². The lowest BCUT2D eigenvalue weighted by molar-refractivity contribution is 0.0602. The van der Waals surface area contributed by atoms with E-state index in [1.165, 1.54) is 19.4 Å². The lowest BCUT2D eigenvalue weighted by Crippen LogP contribution is -2.13. The van der Waals surface area contributed by atoms with Gasteiger partial charge in [-0.05, 0) is 6.07 Å². The third-order valence-corrected chi connectivity index (χ3v) is 2.61. The lowest BCUT2D eigenvalue weighted by atomic mass is 10.2. The number of pyridine rings is 1. The fraction of sp³-hybridized carbons (Fsp3) is 0.333. The Bertz CT molecular complexity index is 611. The summed E-state index contributed by atoms with van der Waals surface area (Å²) in [6.45, 7) is 2.24. The molecular formula is C12H15N5O3. The molecule has 2 rings (SSSR count). The van der Waals surface area contributed by atoms with Gasteiger partial charge in [-0.15, -0.1) is 0 Å². The van der Waals surface area contributed by atoms with E-state index in [1.54, 1.807) is 6.92 Å². The maximum Gasteiger partial charge on any atom is 0.340 e. The molecule has 2 heterocycles. The summed E-state index contributed by atoms with van der Waals surface area (Å²) in [7, 11) is 1.30. The lowest BCUT2D eigenvalue weighted by Gasteiger charge is -2.09. The van der Waals surface area contributed by atoms with Gasteiger partial charge in [-0.2, -0.15) is 4.98 Å². The first-order valence-corrected chi connectivity index (χ1v) is 5.97. The second-order valence-electron chi connectivity index (χ2n) is 4.02. The SMILES string of the molecule is COC(=O)c1ccnc(NCCc2noc(C)n2)c1N. The van der Waals surface area contributed by atoms with Crippen molar-refractivity contribution < 1.29 is 14.1 Å². The number of nitrogen functional groups attached to an aromatic ring is 1. The number of rotatable bonds is 5. The maximum atomic E-state index is 11.5. The smallest absolute Gasteiger partial charge is 0.340 e. The zero-order chi connectivity index (χ0) is 14.5. The van der Waals surface area contributed by atoms with Crippen molar-refractivity contribution in [3.63, 3.8) is 0 Å². The number of carbonyl (C=O) groups excluding carboxylic acids is 1. The highest BCUT2D eigenvalue weighted by Gasteiger charge is 2.13. The zero-order valence-corrected chi connectivity index (χ0v) is 11.2. The molecule has 0 fully saturated rings. The predicted octanol–water partition coefficient (Wildman–Crippen LogP) is 0.796. The number of aromatic nitrogens is 3. The van der Waals surface area contributed by atoms with Crippen LogP contribution in [0.1, 0.15) is 22.1 Å². The molecule has 2 aromatic rings. The Labute approximate surface area is 115 Å². The van der Waals surface area contributed by atoms with Crippen LogP contribution < -0.4 is 11.1 Å². The van der Waals surface area contributed by atoms with Gasteiger partial charge in [0.15, 0.2) is 5.82 Å². The van der Waals surface area contributed by atoms with Gasteiger partial charge in [-0.3, -0.25) is 0 Å². The Balaban J connectivity index is 2.01. The minimum Gasteiger partial charge on any atom is -0.465 e. The highest BCUT2D eigenvalue weighted by molar-refractivity contribution is 5.97. The van der Waals surface area contributed by atoms with E-state index in [0.29, 0.717) is 30.5 Å². The summed E-state index contributed by atoms with van der Waals surface area (Å²) in [6.07, 6.45) is 2.05. The van der Waals surface area contributed by atoms with Crippen LogP contribution in [-0.2, 0) is 11.2 Å². The summed E-state index contributed by atoms with van der Waals surface area (Å²) in [6, 6.07) is 1.51. The second kappa shape index (κ2) is 6.00. The van der Waals surface area contributed by atoms with Gasteiger partial charge in [0.05, 0.1) is 18.4 Å². The molecule has 8 nitrogen and oxygen atoms in total. The number of ether oxygens (including phenoxy) is 1. The first-order valence-electron chi connectivity index (χ1n) is 5.97. The minimum absolute atomic E-state index is 0.253. The van der Waals surface area contributed by atoms with E-state index in [1.807, 2.05) is 0 Å². The highest BCUT2D eigenvalue weighted by atomic mass is 16.5. The number of nitrogens with two attached hydrogens (primary N) is 1. The van der Waals surface area contributed by atoms with Crippen molar-refractivity contribution >= 4 is 17.5 Å². The molecule has 0 atom stereocenters. The van der Waals surface area contributed by atoms with Crippen LogP contribution in [0.4, 0.5) is 11.5 Å². The normalized spacial score (nSPS) is 10.3. The van der Waals surface area contributed by atoms with E-state index < -0.39 is 5.97 Å². The van der Waals surface area contributed by atoms with Crippen LogP contribution in [0.5, 0.6) is 0 Å². The summed E-state index contributed by atoms with van der Waals surface area (Å²) >= 11 is 0. The van der Waals surface area contributed by atoms with E-state index in [2.05, 4.69) is 25.2 Å². The summed E-state index contributed by atoms with van der Waals surface area (Å²) in [5.41, 5.74) is 6.40. The molecule has 0 spiro atoms. The molecule has 3 N–H and O–H groups in total. The number of methoxy groups -OCH3 is 1. The molecule has 20 heavy (non-hydrogen) atoms. The fourth-order valence-corrected chi connectivity index (χ4v) is 1.64. The molecule has 0 unspecified atom stereocenters. The van der Waals surface area contributed by atoms with Crippen molar-refractivity contribution in [1.29, 1.82) is 0 Å². The van der Waals surface area contributed by atoms with E-state index in [4.69, 9.17) is 10.3 Å². The van der Waals surface area contributed by atoms with Gasteiger partial charge in [0.2, 0.25) is 5.89 Å². The molecule has 0 radical (unpaired) electrons. The number of anilines is 2. The summed E-state index contributed by atoms with van der Waals surface area (Å²) in [4.78, 5) is 19.7. The van der Waals surface area contributed by atoms with Gasteiger partial charge >= 0.3 is 5.97 Å². The van der Waals surface area contributed by atoms with Gasteiger partial charge < -0.3 is 20.3 Å². The Hall–Kier alpha value is -2.64. The monoisotopic (exact) mass is 277 g/mol. The topological polar surface area (TPSA) is 116 Å². The van der Waals surface area contributed by atoms with Crippen molar-refractivity contribution in [2.45, 2.75) is 13.3 Å². The van der Waals surface area contributed by atoms with Crippen LogP contribution in [0.2, 0.25) is 0 Å². The zero-order valence-electron chi connectivity index (χ0n) is 11.2. The molecule has 0 aliphatic carbocycles. The van der Waals surface area contributed by atoms with Gasteiger partial charge in [0.1, 0.15) is 5.82 Å². The Morgan fingerprint density at radius 2 is 2.35 bits per heavy atom. The summed E-state index contributed by atoms with van der Waals surface area (Å²) in [5.74, 6) is 1.04. The molecule has 8 heteroatoms. The van der Waals surface area contributed by atoms with Crippen LogP contribution in [-0.4, -0.2) is 34.7 Å². The van der Waals surface area contributed by atoms with Gasteiger partial charge in [-0.1, -0.05) is 5.16 Å². The van der Waals surface area contributed by atoms with E-state index in [-0.39, 0.29) is 11.3 Å². The molecule has 2 aromatic heterocycles. The quantitative estimate of drug-likeness (QED) is 0.771. The van der Waals surface area contributed by atoms with Crippen molar-refractivity contribution in [3.05, 3.63) is 29.5 Å². The van der Waals surface area contributed by atoms with Crippen molar-refractivity contribution in [3.8, 4) is 0 Å². The Morgan fingerprint density at radius 1 is 1.55 bits per heavy atom. The van der Waals surface area contributed by atoms with Crippen LogP contribution in [0.15, 0.2) is 16.8 Å². The largest absolute Gasteiger partial charge is 0.465 e. The van der Waals surface area contributed by atoms with Gasteiger partial charge in [0.25, 0.3) is 0 Å². The van der Waals surface area contributed by atoms with Crippen LogP contribution >= 0.6 is 0 Å². The van der Waals surface area contributed by atoms with Gasteiger partial charge in [0, 0.05) is 26.1 Å². The number of nitrogens with one attached hydrogen (secondary N) is 1. The Kier molecular flexibility index (Phi) is 4.14. The molecule has 0 aromatic carbocycles. The second-order valence-corrected chi connectivity index (χ2v) is 4.02. The fourth-order valence-electron chi connectivity index (χ4n) is 1.64. The van der Waals surface area contributed by atoms with Gasteiger partial charge in [-0.25, -0.2) is 9.78 Å².